The standard InChI is InChI=1S/C13H25N3/c1-3-7-15-13(10-14)11-16-8-5-12(4-2)6-9-16/h12-13,15H,3-9,11H2,1-2H3. The van der Waals surface area contributed by atoms with Crippen LogP contribution in [0, 0.1) is 17.2 Å². The van der Waals surface area contributed by atoms with Gasteiger partial charge in [0, 0.05) is 6.54 Å². The molecule has 1 saturated heterocycles. The van der Waals surface area contributed by atoms with Crippen molar-refractivity contribution in [1.82, 2.24) is 10.2 Å². The van der Waals surface area contributed by atoms with E-state index in [9.17, 15) is 0 Å². The molecule has 1 fully saturated rings. The first kappa shape index (κ1) is 13.5. The molecule has 0 saturated carbocycles. The summed E-state index contributed by atoms with van der Waals surface area (Å²) in [5, 5.41) is 12.3. The smallest absolute Gasteiger partial charge is 0.108 e. The van der Waals surface area contributed by atoms with Crippen LogP contribution >= 0.6 is 0 Å². The topological polar surface area (TPSA) is 39.1 Å². The van der Waals surface area contributed by atoms with Gasteiger partial charge in [0.15, 0.2) is 0 Å². The Hall–Kier alpha value is -0.590. The molecule has 1 N–H and O–H groups in total. The lowest BCUT2D eigenvalue weighted by Gasteiger charge is -2.32. The van der Waals surface area contributed by atoms with E-state index in [1.807, 2.05) is 0 Å². The van der Waals surface area contributed by atoms with Gasteiger partial charge in [-0.15, -0.1) is 0 Å². The molecule has 1 aliphatic rings. The predicted octanol–water partition coefficient (Wildman–Crippen LogP) is 2.00. The minimum absolute atomic E-state index is 0.0122. The monoisotopic (exact) mass is 223 g/mol. The minimum Gasteiger partial charge on any atom is -0.301 e. The molecular weight excluding hydrogens is 198 g/mol. The van der Waals surface area contributed by atoms with Crippen molar-refractivity contribution in [2.24, 2.45) is 5.92 Å². The van der Waals surface area contributed by atoms with Crippen molar-refractivity contribution in [3.8, 4) is 6.07 Å². The number of nitrogens with zero attached hydrogens (tertiary/aromatic N) is 2. The van der Waals surface area contributed by atoms with Gasteiger partial charge in [-0.2, -0.15) is 5.26 Å². The molecule has 3 heteroatoms. The van der Waals surface area contributed by atoms with Crippen LogP contribution in [0.1, 0.15) is 39.5 Å². The van der Waals surface area contributed by atoms with E-state index < -0.39 is 0 Å². The molecule has 0 aromatic heterocycles. The van der Waals surface area contributed by atoms with Crippen LogP contribution < -0.4 is 5.32 Å². The van der Waals surface area contributed by atoms with Crippen molar-refractivity contribution in [1.29, 1.82) is 5.26 Å². The lowest BCUT2D eigenvalue weighted by atomic mass is 9.94. The van der Waals surface area contributed by atoms with Gasteiger partial charge in [-0.05, 0) is 44.8 Å². The molecule has 0 aromatic carbocycles. The molecule has 1 atom stereocenters. The largest absolute Gasteiger partial charge is 0.301 e. The van der Waals surface area contributed by atoms with Crippen molar-refractivity contribution in [2.45, 2.75) is 45.6 Å². The second-order valence-corrected chi connectivity index (χ2v) is 4.79. The molecule has 0 spiro atoms. The number of hydrogen-bond donors (Lipinski definition) is 1. The van der Waals surface area contributed by atoms with E-state index in [0.717, 1.165) is 25.4 Å². The van der Waals surface area contributed by atoms with Gasteiger partial charge in [-0.1, -0.05) is 20.3 Å². The summed E-state index contributed by atoms with van der Waals surface area (Å²) < 4.78 is 0. The molecule has 16 heavy (non-hydrogen) atoms. The van der Waals surface area contributed by atoms with E-state index in [0.29, 0.717) is 0 Å². The predicted molar refractivity (Wildman–Crippen MR) is 67.1 cm³/mol. The molecule has 1 heterocycles. The van der Waals surface area contributed by atoms with Crippen LogP contribution in [0.3, 0.4) is 0 Å². The van der Waals surface area contributed by atoms with E-state index in [1.54, 1.807) is 0 Å². The van der Waals surface area contributed by atoms with Gasteiger partial charge < -0.3 is 10.2 Å². The van der Waals surface area contributed by atoms with Crippen LogP contribution in [-0.2, 0) is 0 Å². The van der Waals surface area contributed by atoms with Gasteiger partial charge in [-0.25, -0.2) is 0 Å². The summed E-state index contributed by atoms with van der Waals surface area (Å²) in [6.45, 7) is 8.60. The van der Waals surface area contributed by atoms with Gasteiger partial charge in [0.1, 0.15) is 6.04 Å². The minimum atomic E-state index is 0.0122. The molecule has 0 radical (unpaired) electrons. The Morgan fingerprint density at radius 3 is 2.56 bits per heavy atom. The van der Waals surface area contributed by atoms with Gasteiger partial charge in [0.05, 0.1) is 6.07 Å². The molecule has 0 aromatic rings. The summed E-state index contributed by atoms with van der Waals surface area (Å²) in [5.41, 5.74) is 0. The average Bonchev–Trinajstić information content (AvgIpc) is 2.35. The summed E-state index contributed by atoms with van der Waals surface area (Å²) in [4.78, 5) is 2.43. The lowest BCUT2D eigenvalue weighted by molar-refractivity contribution is 0.174. The molecule has 1 aliphatic heterocycles. The van der Waals surface area contributed by atoms with Crippen LogP contribution in [0.15, 0.2) is 0 Å². The molecule has 3 nitrogen and oxygen atoms in total. The molecule has 0 bridgehead atoms. The lowest BCUT2D eigenvalue weighted by Crippen LogP contribution is -2.43. The van der Waals surface area contributed by atoms with E-state index in [-0.39, 0.29) is 6.04 Å². The first-order valence-electron chi connectivity index (χ1n) is 6.65. The maximum Gasteiger partial charge on any atom is 0.108 e. The fourth-order valence-electron chi connectivity index (χ4n) is 2.31. The van der Waals surface area contributed by atoms with E-state index >= 15 is 0 Å². The zero-order valence-corrected chi connectivity index (χ0v) is 10.7. The summed E-state index contributed by atoms with van der Waals surface area (Å²) in [6, 6.07) is 2.37. The molecular formula is C13H25N3. The van der Waals surface area contributed by atoms with Crippen molar-refractivity contribution >= 4 is 0 Å². The third kappa shape index (κ3) is 4.51. The maximum atomic E-state index is 9.04. The normalized spacial score (nSPS) is 20.6. The molecule has 1 unspecified atom stereocenters. The number of piperidine rings is 1. The molecule has 0 amide bonds. The second-order valence-electron chi connectivity index (χ2n) is 4.79. The molecule has 92 valence electrons. The highest BCUT2D eigenvalue weighted by molar-refractivity contribution is 4.92. The second kappa shape index (κ2) is 7.65. The van der Waals surface area contributed by atoms with E-state index in [1.165, 1.54) is 32.4 Å². The summed E-state index contributed by atoms with van der Waals surface area (Å²) in [5.74, 6) is 0.917. The molecule has 0 aliphatic carbocycles. The Labute approximate surface area is 99.8 Å². The first-order chi connectivity index (χ1) is 7.80. The third-order valence-corrected chi connectivity index (χ3v) is 3.52. The van der Waals surface area contributed by atoms with Crippen molar-refractivity contribution in [3.63, 3.8) is 0 Å². The third-order valence-electron chi connectivity index (χ3n) is 3.52. The van der Waals surface area contributed by atoms with E-state index in [4.69, 9.17) is 5.26 Å². The first-order valence-corrected chi connectivity index (χ1v) is 6.65. The quantitative estimate of drug-likeness (QED) is 0.748. The Kier molecular flexibility index (Phi) is 6.44. The Balaban J connectivity index is 2.23. The van der Waals surface area contributed by atoms with Gasteiger partial charge in [0.25, 0.3) is 0 Å². The number of hydrogen-bond acceptors (Lipinski definition) is 3. The zero-order chi connectivity index (χ0) is 11.8. The van der Waals surface area contributed by atoms with Crippen molar-refractivity contribution in [3.05, 3.63) is 0 Å². The van der Waals surface area contributed by atoms with E-state index in [2.05, 4.69) is 30.1 Å². The Morgan fingerprint density at radius 2 is 2.06 bits per heavy atom. The highest BCUT2D eigenvalue weighted by atomic mass is 15.2. The van der Waals surface area contributed by atoms with Crippen molar-refractivity contribution in [2.75, 3.05) is 26.2 Å². The Bertz CT molecular complexity index is 214. The Morgan fingerprint density at radius 1 is 1.38 bits per heavy atom. The molecule has 1 rings (SSSR count). The van der Waals surface area contributed by atoms with Crippen LogP contribution in [-0.4, -0.2) is 37.1 Å². The number of nitrogens with one attached hydrogen (secondary N) is 1. The fourth-order valence-corrected chi connectivity index (χ4v) is 2.31. The van der Waals surface area contributed by atoms with Crippen LogP contribution in [0.25, 0.3) is 0 Å². The highest BCUT2D eigenvalue weighted by Gasteiger charge is 2.20. The van der Waals surface area contributed by atoms with Gasteiger partial charge in [0.2, 0.25) is 0 Å². The zero-order valence-electron chi connectivity index (χ0n) is 10.7. The SMILES string of the molecule is CCCNC(C#N)CN1CCC(CC)CC1. The van der Waals surface area contributed by atoms with Crippen molar-refractivity contribution < 1.29 is 0 Å². The average molecular weight is 223 g/mol. The number of rotatable bonds is 6. The van der Waals surface area contributed by atoms with Gasteiger partial charge in [-0.3, -0.25) is 0 Å². The van der Waals surface area contributed by atoms with Gasteiger partial charge >= 0.3 is 0 Å². The highest BCUT2D eigenvalue weighted by Crippen LogP contribution is 2.19. The summed E-state index contributed by atoms with van der Waals surface area (Å²) in [7, 11) is 0. The number of nitriles is 1. The fraction of sp³-hybridized carbons (Fsp3) is 0.923. The number of likely N-dealkylation sites (tertiary alicyclic amines) is 1. The van der Waals surface area contributed by atoms with Crippen LogP contribution in [0.2, 0.25) is 0 Å². The van der Waals surface area contributed by atoms with Crippen LogP contribution in [0.5, 0.6) is 0 Å². The summed E-state index contributed by atoms with van der Waals surface area (Å²) in [6.07, 6.45) is 5.02. The van der Waals surface area contributed by atoms with Crippen LogP contribution in [0.4, 0.5) is 0 Å². The maximum absolute atomic E-state index is 9.04. The summed E-state index contributed by atoms with van der Waals surface area (Å²) >= 11 is 0.